The number of nitrogens with two attached hydrogens (primary N) is 1. The highest BCUT2D eigenvalue weighted by Crippen LogP contribution is 2.28. The maximum absolute atomic E-state index is 13.6. The summed E-state index contributed by atoms with van der Waals surface area (Å²) in [5.41, 5.74) is 6.19. The molecule has 0 aliphatic carbocycles. The molecule has 0 aliphatic rings. The fraction of sp³-hybridized carbons (Fsp3) is 0. The SMILES string of the molecule is Nc1ccc(F)c(-c2ccc(Cl)cc2F)c1. The van der Waals surface area contributed by atoms with E-state index in [-0.39, 0.29) is 16.1 Å². The number of hydrogen-bond acceptors (Lipinski definition) is 1. The van der Waals surface area contributed by atoms with Crippen molar-refractivity contribution in [2.75, 3.05) is 5.73 Å². The molecule has 0 bridgehead atoms. The zero-order valence-electron chi connectivity index (χ0n) is 8.18. The molecule has 0 radical (unpaired) electrons. The molecule has 0 unspecified atom stereocenters. The Balaban J connectivity index is 2.62. The number of anilines is 1. The minimum atomic E-state index is -0.572. The number of halogens is 3. The Bertz CT molecular complexity index is 541. The molecule has 0 aliphatic heterocycles. The summed E-state index contributed by atoms with van der Waals surface area (Å²) in [6, 6.07) is 8.09. The van der Waals surface area contributed by atoms with E-state index in [1.165, 1.54) is 30.3 Å². The van der Waals surface area contributed by atoms with E-state index in [2.05, 4.69) is 0 Å². The Kier molecular flexibility index (Phi) is 2.79. The number of nitrogen functional groups attached to an aromatic ring is 1. The van der Waals surface area contributed by atoms with Gasteiger partial charge in [0.05, 0.1) is 0 Å². The first-order valence-electron chi connectivity index (χ1n) is 4.58. The summed E-state index contributed by atoms with van der Waals surface area (Å²) in [6.07, 6.45) is 0. The second-order valence-corrected chi connectivity index (χ2v) is 3.80. The lowest BCUT2D eigenvalue weighted by molar-refractivity contribution is 0.616. The molecule has 4 heteroatoms. The highest BCUT2D eigenvalue weighted by atomic mass is 35.5. The highest BCUT2D eigenvalue weighted by Gasteiger charge is 2.10. The molecule has 0 aromatic heterocycles. The molecule has 0 saturated heterocycles. The highest BCUT2D eigenvalue weighted by molar-refractivity contribution is 6.30. The minimum absolute atomic E-state index is 0.133. The van der Waals surface area contributed by atoms with Gasteiger partial charge in [0, 0.05) is 21.8 Å². The first kappa shape index (κ1) is 10.9. The summed E-state index contributed by atoms with van der Waals surface area (Å²) in [5.74, 6) is -1.09. The van der Waals surface area contributed by atoms with Crippen LogP contribution >= 0.6 is 11.6 Å². The summed E-state index contributed by atoms with van der Waals surface area (Å²) in [6.45, 7) is 0. The average molecular weight is 240 g/mol. The Labute approximate surface area is 96.5 Å². The van der Waals surface area contributed by atoms with E-state index in [4.69, 9.17) is 17.3 Å². The summed E-state index contributed by atoms with van der Waals surface area (Å²) in [5, 5.41) is 0.269. The third kappa shape index (κ3) is 1.99. The van der Waals surface area contributed by atoms with Crippen LogP contribution in [-0.2, 0) is 0 Å². The molecule has 1 nitrogen and oxygen atoms in total. The quantitative estimate of drug-likeness (QED) is 0.751. The van der Waals surface area contributed by atoms with Gasteiger partial charge in [-0.15, -0.1) is 0 Å². The van der Waals surface area contributed by atoms with Crippen LogP contribution in [0.5, 0.6) is 0 Å². The molecule has 0 spiro atoms. The maximum Gasteiger partial charge on any atom is 0.132 e. The topological polar surface area (TPSA) is 26.0 Å². The van der Waals surface area contributed by atoms with E-state index in [0.29, 0.717) is 5.69 Å². The fourth-order valence-corrected chi connectivity index (χ4v) is 1.62. The average Bonchev–Trinajstić information content (AvgIpc) is 2.22. The van der Waals surface area contributed by atoms with Crippen molar-refractivity contribution in [3.63, 3.8) is 0 Å². The largest absolute Gasteiger partial charge is 0.399 e. The van der Waals surface area contributed by atoms with Crippen LogP contribution in [0.3, 0.4) is 0 Å². The molecule has 16 heavy (non-hydrogen) atoms. The fourth-order valence-electron chi connectivity index (χ4n) is 1.46. The van der Waals surface area contributed by atoms with Gasteiger partial charge in [-0.2, -0.15) is 0 Å². The lowest BCUT2D eigenvalue weighted by Gasteiger charge is -2.06. The van der Waals surface area contributed by atoms with Crippen LogP contribution in [0.4, 0.5) is 14.5 Å². The lowest BCUT2D eigenvalue weighted by atomic mass is 10.0. The molecule has 0 saturated carbocycles. The van der Waals surface area contributed by atoms with E-state index in [0.717, 1.165) is 6.07 Å². The van der Waals surface area contributed by atoms with Crippen molar-refractivity contribution in [3.05, 3.63) is 53.1 Å². The van der Waals surface area contributed by atoms with Gasteiger partial charge in [-0.3, -0.25) is 0 Å². The number of rotatable bonds is 1. The second-order valence-electron chi connectivity index (χ2n) is 3.36. The molecule has 82 valence electrons. The van der Waals surface area contributed by atoms with Crippen LogP contribution in [0, 0.1) is 11.6 Å². The van der Waals surface area contributed by atoms with Crippen molar-refractivity contribution in [1.29, 1.82) is 0 Å². The van der Waals surface area contributed by atoms with Gasteiger partial charge in [-0.25, -0.2) is 8.78 Å². The van der Waals surface area contributed by atoms with Crippen LogP contribution in [0.2, 0.25) is 5.02 Å². The van der Waals surface area contributed by atoms with Gasteiger partial charge in [0.1, 0.15) is 11.6 Å². The first-order valence-corrected chi connectivity index (χ1v) is 4.96. The van der Waals surface area contributed by atoms with Gasteiger partial charge in [0.25, 0.3) is 0 Å². The van der Waals surface area contributed by atoms with Crippen molar-refractivity contribution in [3.8, 4) is 11.1 Å². The Hall–Kier alpha value is -1.61. The van der Waals surface area contributed by atoms with Crippen LogP contribution < -0.4 is 5.73 Å². The molecule has 0 atom stereocenters. The summed E-state index contributed by atoms with van der Waals surface area (Å²) in [4.78, 5) is 0. The van der Waals surface area contributed by atoms with Gasteiger partial charge in [0.2, 0.25) is 0 Å². The molecular weight excluding hydrogens is 232 g/mol. The molecular formula is C12H8ClF2N. The van der Waals surface area contributed by atoms with Crippen LogP contribution in [-0.4, -0.2) is 0 Å². The summed E-state index contributed by atoms with van der Waals surface area (Å²) < 4.78 is 27.0. The molecule has 2 aromatic rings. The van der Waals surface area contributed by atoms with Gasteiger partial charge in [-0.05, 0) is 36.4 Å². The Morgan fingerprint density at radius 1 is 0.875 bits per heavy atom. The van der Waals surface area contributed by atoms with Crippen molar-refractivity contribution in [2.24, 2.45) is 0 Å². The summed E-state index contributed by atoms with van der Waals surface area (Å²) in [7, 11) is 0. The predicted octanol–water partition coefficient (Wildman–Crippen LogP) is 3.87. The third-order valence-corrected chi connectivity index (χ3v) is 2.45. The van der Waals surface area contributed by atoms with E-state index in [1.807, 2.05) is 0 Å². The maximum atomic E-state index is 13.6. The van der Waals surface area contributed by atoms with Gasteiger partial charge in [0.15, 0.2) is 0 Å². The standard InChI is InChI=1S/C12H8ClF2N/c13-7-1-3-9(12(15)5-7)10-6-8(16)2-4-11(10)14/h1-6H,16H2. The van der Waals surface area contributed by atoms with Crippen molar-refractivity contribution < 1.29 is 8.78 Å². The molecule has 0 fully saturated rings. The van der Waals surface area contributed by atoms with E-state index in [1.54, 1.807) is 0 Å². The molecule has 0 amide bonds. The second kappa shape index (κ2) is 4.10. The van der Waals surface area contributed by atoms with Gasteiger partial charge >= 0.3 is 0 Å². The molecule has 0 heterocycles. The predicted molar refractivity (Wildman–Crippen MR) is 61.2 cm³/mol. The van der Waals surface area contributed by atoms with Crippen LogP contribution in [0.25, 0.3) is 11.1 Å². The van der Waals surface area contributed by atoms with Crippen molar-refractivity contribution in [2.45, 2.75) is 0 Å². The van der Waals surface area contributed by atoms with E-state index in [9.17, 15) is 8.78 Å². The van der Waals surface area contributed by atoms with Crippen LogP contribution in [0.15, 0.2) is 36.4 Å². The normalized spacial score (nSPS) is 10.4. The smallest absolute Gasteiger partial charge is 0.132 e. The minimum Gasteiger partial charge on any atom is -0.399 e. The van der Waals surface area contributed by atoms with Crippen molar-refractivity contribution in [1.82, 2.24) is 0 Å². The van der Waals surface area contributed by atoms with Crippen molar-refractivity contribution >= 4 is 17.3 Å². The number of benzene rings is 2. The number of hydrogen-bond donors (Lipinski definition) is 1. The summed E-state index contributed by atoms with van der Waals surface area (Å²) >= 11 is 5.62. The lowest BCUT2D eigenvalue weighted by Crippen LogP contribution is -1.91. The zero-order chi connectivity index (χ0) is 11.7. The Morgan fingerprint density at radius 2 is 1.62 bits per heavy atom. The van der Waals surface area contributed by atoms with E-state index < -0.39 is 11.6 Å². The monoisotopic (exact) mass is 239 g/mol. The Morgan fingerprint density at radius 3 is 2.31 bits per heavy atom. The molecule has 2 N–H and O–H groups in total. The first-order chi connectivity index (χ1) is 7.58. The van der Waals surface area contributed by atoms with Gasteiger partial charge in [-0.1, -0.05) is 11.6 Å². The van der Waals surface area contributed by atoms with Gasteiger partial charge < -0.3 is 5.73 Å². The molecule has 2 rings (SSSR count). The molecule has 2 aromatic carbocycles. The zero-order valence-corrected chi connectivity index (χ0v) is 8.93. The van der Waals surface area contributed by atoms with Crippen LogP contribution in [0.1, 0.15) is 0 Å². The van der Waals surface area contributed by atoms with E-state index >= 15 is 0 Å². The third-order valence-electron chi connectivity index (χ3n) is 2.21.